The van der Waals surface area contributed by atoms with Gasteiger partial charge in [0.2, 0.25) is 5.91 Å². The number of nitrogens with zero attached hydrogens (tertiary/aromatic N) is 2. The van der Waals surface area contributed by atoms with E-state index in [-0.39, 0.29) is 18.0 Å². The summed E-state index contributed by atoms with van der Waals surface area (Å²) in [7, 11) is 0. The molecule has 2 rings (SSSR count). The van der Waals surface area contributed by atoms with Gasteiger partial charge in [0.15, 0.2) is 6.19 Å². The number of carbonyl (C=O) groups is 1. The number of halogens is 1. The lowest BCUT2D eigenvalue weighted by molar-refractivity contribution is -0.119. The summed E-state index contributed by atoms with van der Waals surface area (Å²) in [5.41, 5.74) is 0. The molecule has 3 atom stereocenters. The van der Waals surface area contributed by atoms with Crippen LogP contribution in [-0.2, 0) is 4.79 Å². The van der Waals surface area contributed by atoms with Crippen LogP contribution in [0.2, 0.25) is 0 Å². The Bertz CT molecular complexity index is 288. The molecule has 0 aromatic heterocycles. The standard InChI is InChI=1S/C9H12BrN3O/c10-4-9(14)12-7-3-6-1-2-8(7)13(6)5-11/h6-8H,1-4H2,(H,12,14). The number of amides is 1. The van der Waals surface area contributed by atoms with Crippen LogP contribution in [0.15, 0.2) is 0 Å². The maximum atomic E-state index is 11.2. The molecule has 0 spiro atoms. The highest BCUT2D eigenvalue weighted by Gasteiger charge is 2.46. The first-order chi connectivity index (χ1) is 6.76. The molecule has 2 fully saturated rings. The van der Waals surface area contributed by atoms with E-state index in [1.807, 2.05) is 4.90 Å². The lowest BCUT2D eigenvalue weighted by Gasteiger charge is -2.21. The van der Waals surface area contributed by atoms with E-state index in [2.05, 4.69) is 27.4 Å². The zero-order chi connectivity index (χ0) is 10.1. The first-order valence-electron chi connectivity index (χ1n) is 4.79. The van der Waals surface area contributed by atoms with Crippen LogP contribution >= 0.6 is 15.9 Å². The van der Waals surface area contributed by atoms with Gasteiger partial charge in [0.25, 0.3) is 0 Å². The van der Waals surface area contributed by atoms with Crippen LogP contribution in [0.3, 0.4) is 0 Å². The summed E-state index contributed by atoms with van der Waals surface area (Å²) in [5.74, 6) is 0.0143. The van der Waals surface area contributed by atoms with Crippen molar-refractivity contribution >= 4 is 21.8 Å². The molecular weight excluding hydrogens is 246 g/mol. The molecule has 0 saturated carbocycles. The second-order valence-corrected chi connectivity index (χ2v) is 4.41. The Kier molecular flexibility index (Phi) is 2.64. The molecule has 0 aromatic rings. The molecule has 76 valence electrons. The normalized spacial score (nSPS) is 34.3. The van der Waals surface area contributed by atoms with E-state index in [1.54, 1.807) is 0 Å². The SMILES string of the molecule is N#CN1C2CCC1C(NC(=O)CBr)C2. The third-order valence-electron chi connectivity index (χ3n) is 3.12. The van der Waals surface area contributed by atoms with Crippen LogP contribution in [0.25, 0.3) is 0 Å². The van der Waals surface area contributed by atoms with Gasteiger partial charge in [-0.2, -0.15) is 5.26 Å². The van der Waals surface area contributed by atoms with Crippen molar-refractivity contribution in [3.8, 4) is 6.19 Å². The average Bonchev–Trinajstić information content (AvgIpc) is 2.73. The largest absolute Gasteiger partial charge is 0.350 e. The molecule has 4 nitrogen and oxygen atoms in total. The third kappa shape index (κ3) is 1.48. The minimum absolute atomic E-state index is 0.0143. The number of nitriles is 1. The van der Waals surface area contributed by atoms with Crippen molar-refractivity contribution in [2.24, 2.45) is 0 Å². The molecule has 14 heavy (non-hydrogen) atoms. The summed E-state index contributed by atoms with van der Waals surface area (Å²) < 4.78 is 0. The molecule has 3 unspecified atom stereocenters. The van der Waals surface area contributed by atoms with Gasteiger partial charge in [-0.15, -0.1) is 0 Å². The first kappa shape index (κ1) is 9.78. The number of carbonyl (C=O) groups excluding carboxylic acids is 1. The number of nitrogens with one attached hydrogen (secondary N) is 1. The van der Waals surface area contributed by atoms with E-state index in [9.17, 15) is 4.79 Å². The highest BCUT2D eigenvalue weighted by molar-refractivity contribution is 9.09. The quantitative estimate of drug-likeness (QED) is 0.582. The summed E-state index contributed by atoms with van der Waals surface area (Å²) in [6.07, 6.45) is 5.27. The number of rotatable bonds is 2. The van der Waals surface area contributed by atoms with Gasteiger partial charge >= 0.3 is 0 Å². The number of hydrogen-bond donors (Lipinski definition) is 1. The van der Waals surface area contributed by atoms with E-state index >= 15 is 0 Å². The van der Waals surface area contributed by atoms with Gasteiger partial charge < -0.3 is 10.2 Å². The molecule has 0 radical (unpaired) electrons. The van der Waals surface area contributed by atoms with Crippen molar-refractivity contribution in [3.05, 3.63) is 0 Å². The second kappa shape index (κ2) is 3.77. The van der Waals surface area contributed by atoms with Gasteiger partial charge in [0.05, 0.1) is 17.4 Å². The summed E-state index contributed by atoms with van der Waals surface area (Å²) in [4.78, 5) is 13.0. The Morgan fingerprint density at radius 3 is 3.00 bits per heavy atom. The Morgan fingerprint density at radius 1 is 1.64 bits per heavy atom. The maximum absolute atomic E-state index is 11.2. The number of fused-ring (bicyclic) bond motifs is 2. The third-order valence-corrected chi connectivity index (χ3v) is 3.63. The molecule has 0 aromatic carbocycles. The summed E-state index contributed by atoms with van der Waals surface area (Å²) in [6.45, 7) is 0. The maximum Gasteiger partial charge on any atom is 0.230 e. The van der Waals surface area contributed by atoms with Crippen LogP contribution in [0.5, 0.6) is 0 Å². The number of alkyl halides is 1. The fourth-order valence-corrected chi connectivity index (χ4v) is 2.71. The van der Waals surface area contributed by atoms with Crippen LogP contribution < -0.4 is 5.32 Å². The second-order valence-electron chi connectivity index (χ2n) is 3.85. The topological polar surface area (TPSA) is 56.1 Å². The van der Waals surface area contributed by atoms with Gasteiger partial charge in [0.1, 0.15) is 0 Å². The van der Waals surface area contributed by atoms with Crippen LogP contribution in [0.1, 0.15) is 19.3 Å². The van der Waals surface area contributed by atoms with Crippen molar-refractivity contribution < 1.29 is 4.79 Å². The van der Waals surface area contributed by atoms with Crippen LogP contribution in [-0.4, -0.2) is 34.3 Å². The Hall–Kier alpha value is -0.760. The fraction of sp³-hybridized carbons (Fsp3) is 0.778. The molecule has 5 heteroatoms. The van der Waals surface area contributed by atoms with Gasteiger partial charge in [-0.05, 0) is 19.3 Å². The van der Waals surface area contributed by atoms with Gasteiger partial charge in [-0.25, -0.2) is 0 Å². The zero-order valence-corrected chi connectivity index (χ0v) is 9.33. The average molecular weight is 258 g/mol. The van der Waals surface area contributed by atoms with E-state index in [1.165, 1.54) is 0 Å². The summed E-state index contributed by atoms with van der Waals surface area (Å²) in [6, 6.07) is 0.789. The van der Waals surface area contributed by atoms with E-state index in [0.29, 0.717) is 11.4 Å². The molecule has 1 amide bonds. The minimum Gasteiger partial charge on any atom is -0.350 e. The minimum atomic E-state index is 0.0143. The Morgan fingerprint density at radius 2 is 2.43 bits per heavy atom. The Balaban J connectivity index is 1.99. The highest BCUT2D eigenvalue weighted by Crippen LogP contribution is 2.36. The van der Waals surface area contributed by atoms with Gasteiger partial charge in [0, 0.05) is 6.04 Å². The predicted molar refractivity (Wildman–Crippen MR) is 54.6 cm³/mol. The summed E-state index contributed by atoms with van der Waals surface area (Å²) in [5, 5.41) is 12.2. The molecule has 2 aliphatic heterocycles. The molecule has 1 N–H and O–H groups in total. The molecule has 2 heterocycles. The molecule has 2 aliphatic rings. The fourth-order valence-electron chi connectivity index (χ4n) is 2.55. The summed E-state index contributed by atoms with van der Waals surface area (Å²) >= 11 is 3.12. The molecule has 0 aliphatic carbocycles. The first-order valence-corrected chi connectivity index (χ1v) is 5.92. The van der Waals surface area contributed by atoms with Gasteiger partial charge in [-0.1, -0.05) is 15.9 Å². The van der Waals surface area contributed by atoms with Gasteiger partial charge in [-0.3, -0.25) is 4.79 Å². The van der Waals surface area contributed by atoms with Crippen molar-refractivity contribution in [1.82, 2.24) is 10.2 Å². The van der Waals surface area contributed by atoms with Crippen LogP contribution in [0.4, 0.5) is 0 Å². The molecule has 2 bridgehead atoms. The molecule has 2 saturated heterocycles. The molecular formula is C9H12BrN3O. The smallest absolute Gasteiger partial charge is 0.230 e. The van der Waals surface area contributed by atoms with Crippen molar-refractivity contribution in [3.63, 3.8) is 0 Å². The lowest BCUT2D eigenvalue weighted by atomic mass is 9.95. The zero-order valence-electron chi connectivity index (χ0n) is 7.74. The van der Waals surface area contributed by atoms with E-state index in [4.69, 9.17) is 5.26 Å². The van der Waals surface area contributed by atoms with E-state index < -0.39 is 0 Å². The van der Waals surface area contributed by atoms with Crippen molar-refractivity contribution in [2.45, 2.75) is 37.4 Å². The number of hydrogen-bond acceptors (Lipinski definition) is 3. The van der Waals surface area contributed by atoms with Crippen molar-refractivity contribution in [2.75, 3.05) is 5.33 Å². The predicted octanol–water partition coefficient (Wildman–Crippen LogP) is 0.584. The van der Waals surface area contributed by atoms with Crippen molar-refractivity contribution in [1.29, 1.82) is 5.26 Å². The monoisotopic (exact) mass is 257 g/mol. The van der Waals surface area contributed by atoms with Crippen LogP contribution in [0, 0.1) is 11.5 Å². The van der Waals surface area contributed by atoms with E-state index in [0.717, 1.165) is 19.3 Å². The Labute approximate surface area is 91.4 Å². The highest BCUT2D eigenvalue weighted by atomic mass is 79.9. The lowest BCUT2D eigenvalue weighted by Crippen LogP contribution is -2.43.